The van der Waals surface area contributed by atoms with Gasteiger partial charge in [-0.3, -0.25) is 10.1 Å². The van der Waals surface area contributed by atoms with Crippen molar-refractivity contribution < 1.29 is 17.6 Å². The summed E-state index contributed by atoms with van der Waals surface area (Å²) in [7, 11) is -2.10. The van der Waals surface area contributed by atoms with Gasteiger partial charge < -0.3 is 4.42 Å². The van der Waals surface area contributed by atoms with Crippen LogP contribution in [0.2, 0.25) is 0 Å². The van der Waals surface area contributed by atoms with Gasteiger partial charge in [-0.25, -0.2) is 13.4 Å². The first-order valence-corrected chi connectivity index (χ1v) is 11.0. The van der Waals surface area contributed by atoms with Crippen LogP contribution >= 0.6 is 11.3 Å². The van der Waals surface area contributed by atoms with Crippen molar-refractivity contribution in [3.63, 3.8) is 0 Å². The van der Waals surface area contributed by atoms with Crippen molar-refractivity contribution in [2.75, 3.05) is 12.4 Å². The molecule has 1 N–H and O–H groups in total. The molecule has 0 aliphatic rings. The monoisotopic (exact) mass is 435 g/mol. The molecule has 0 radical (unpaired) electrons. The van der Waals surface area contributed by atoms with E-state index in [9.17, 15) is 13.2 Å². The molecule has 2 aromatic heterocycles. The van der Waals surface area contributed by atoms with Gasteiger partial charge in [0, 0.05) is 18.7 Å². The van der Waals surface area contributed by atoms with Crippen molar-refractivity contribution in [1.29, 1.82) is 0 Å². The minimum absolute atomic E-state index is 0.0494. The molecule has 0 bridgehead atoms. The van der Waals surface area contributed by atoms with Gasteiger partial charge in [0.25, 0.3) is 11.8 Å². The molecule has 11 heteroatoms. The normalized spacial score (nSPS) is 12.0. The first-order valence-electron chi connectivity index (χ1n) is 8.77. The molecule has 29 heavy (non-hydrogen) atoms. The van der Waals surface area contributed by atoms with Gasteiger partial charge in [-0.1, -0.05) is 5.10 Å². The standard InChI is InChI=1S/C18H21N5O4S2/c1-10(2)23(5)29(25,26)14-8-6-13(7-9-14)16(24)20-18-22-21-17(27-18)15-11(3)19-12(4)28-15/h6-10H,1-5H3,(H,20,22,24). The van der Waals surface area contributed by atoms with Crippen LogP contribution in [-0.4, -0.2) is 46.9 Å². The molecule has 0 aliphatic carbocycles. The average molecular weight is 436 g/mol. The van der Waals surface area contributed by atoms with Gasteiger partial charge in [0.05, 0.1) is 15.6 Å². The van der Waals surface area contributed by atoms with E-state index in [2.05, 4.69) is 20.5 Å². The molecule has 0 atom stereocenters. The zero-order chi connectivity index (χ0) is 21.3. The molecule has 0 saturated heterocycles. The summed E-state index contributed by atoms with van der Waals surface area (Å²) in [6.45, 7) is 7.29. The van der Waals surface area contributed by atoms with Crippen LogP contribution in [-0.2, 0) is 10.0 Å². The molecule has 9 nitrogen and oxygen atoms in total. The summed E-state index contributed by atoms with van der Waals surface area (Å²) >= 11 is 1.42. The van der Waals surface area contributed by atoms with Gasteiger partial charge in [-0.05, 0) is 52.0 Å². The van der Waals surface area contributed by atoms with Crippen molar-refractivity contribution in [2.24, 2.45) is 0 Å². The Morgan fingerprint density at radius 2 is 1.83 bits per heavy atom. The number of sulfonamides is 1. The van der Waals surface area contributed by atoms with Crippen molar-refractivity contribution in [1.82, 2.24) is 19.5 Å². The van der Waals surface area contributed by atoms with Gasteiger partial charge in [-0.15, -0.1) is 16.4 Å². The fourth-order valence-electron chi connectivity index (χ4n) is 2.49. The lowest BCUT2D eigenvalue weighted by Crippen LogP contribution is -2.33. The zero-order valence-electron chi connectivity index (χ0n) is 16.6. The number of rotatable bonds is 6. The summed E-state index contributed by atoms with van der Waals surface area (Å²) in [5.41, 5.74) is 1.04. The summed E-state index contributed by atoms with van der Waals surface area (Å²) in [6, 6.07) is 5.43. The molecular formula is C18H21N5O4S2. The highest BCUT2D eigenvalue weighted by Crippen LogP contribution is 2.29. The summed E-state index contributed by atoms with van der Waals surface area (Å²) in [4.78, 5) is 17.6. The lowest BCUT2D eigenvalue weighted by Gasteiger charge is -2.20. The van der Waals surface area contributed by atoms with E-state index in [1.54, 1.807) is 13.8 Å². The molecule has 154 valence electrons. The van der Waals surface area contributed by atoms with Crippen molar-refractivity contribution in [3.05, 3.63) is 40.5 Å². The lowest BCUT2D eigenvalue weighted by atomic mass is 10.2. The topological polar surface area (TPSA) is 118 Å². The van der Waals surface area contributed by atoms with Gasteiger partial charge in [0.1, 0.15) is 4.88 Å². The second-order valence-corrected chi connectivity index (χ2v) is 9.85. The van der Waals surface area contributed by atoms with E-state index >= 15 is 0 Å². The van der Waals surface area contributed by atoms with E-state index < -0.39 is 15.9 Å². The first kappa shape index (κ1) is 21.1. The summed E-state index contributed by atoms with van der Waals surface area (Å²) in [5, 5.41) is 11.2. The molecule has 0 spiro atoms. The number of carbonyl (C=O) groups is 1. The Bertz CT molecular complexity index is 1130. The van der Waals surface area contributed by atoms with Crippen molar-refractivity contribution in [3.8, 4) is 10.8 Å². The number of aromatic nitrogens is 3. The number of hydrogen-bond donors (Lipinski definition) is 1. The van der Waals surface area contributed by atoms with E-state index in [1.165, 1.54) is 47.0 Å². The predicted octanol–water partition coefficient (Wildman–Crippen LogP) is 3.09. The van der Waals surface area contributed by atoms with Gasteiger partial charge in [0.2, 0.25) is 10.0 Å². The molecule has 1 aromatic carbocycles. The van der Waals surface area contributed by atoms with Crippen LogP contribution in [0.3, 0.4) is 0 Å². The number of thiazole rings is 1. The van der Waals surface area contributed by atoms with Crippen LogP contribution < -0.4 is 5.32 Å². The van der Waals surface area contributed by atoms with E-state index in [0.29, 0.717) is 0 Å². The number of hydrogen-bond acceptors (Lipinski definition) is 8. The number of benzene rings is 1. The highest BCUT2D eigenvalue weighted by Gasteiger charge is 2.23. The highest BCUT2D eigenvalue weighted by atomic mass is 32.2. The smallest absolute Gasteiger partial charge is 0.322 e. The van der Waals surface area contributed by atoms with Crippen LogP contribution in [0.25, 0.3) is 10.8 Å². The zero-order valence-corrected chi connectivity index (χ0v) is 18.3. The van der Waals surface area contributed by atoms with E-state index in [0.717, 1.165) is 15.6 Å². The van der Waals surface area contributed by atoms with Crippen LogP contribution in [0.4, 0.5) is 6.01 Å². The largest absolute Gasteiger partial charge is 0.402 e. The molecule has 0 fully saturated rings. The molecule has 0 saturated carbocycles. The molecular weight excluding hydrogens is 414 g/mol. The third kappa shape index (κ3) is 4.36. The molecule has 0 aliphatic heterocycles. The first-order chi connectivity index (χ1) is 13.6. The van der Waals surface area contributed by atoms with Crippen LogP contribution in [0, 0.1) is 13.8 Å². The van der Waals surface area contributed by atoms with Crippen molar-refractivity contribution in [2.45, 2.75) is 38.6 Å². The minimum Gasteiger partial charge on any atom is -0.402 e. The maximum atomic E-state index is 12.5. The molecule has 3 aromatic rings. The summed E-state index contributed by atoms with van der Waals surface area (Å²) in [6.07, 6.45) is 0. The van der Waals surface area contributed by atoms with E-state index in [4.69, 9.17) is 4.42 Å². The average Bonchev–Trinajstić information content (AvgIpc) is 3.26. The van der Waals surface area contributed by atoms with Crippen LogP contribution in [0.15, 0.2) is 33.6 Å². The molecule has 0 unspecified atom stereocenters. The maximum absolute atomic E-state index is 12.5. The second-order valence-electron chi connectivity index (χ2n) is 6.65. The molecule has 1 amide bonds. The number of nitrogens with zero attached hydrogens (tertiary/aromatic N) is 4. The van der Waals surface area contributed by atoms with Gasteiger partial charge in [0.15, 0.2) is 0 Å². The Labute approximate surface area is 172 Å². The Morgan fingerprint density at radius 1 is 1.17 bits per heavy atom. The quantitative estimate of drug-likeness (QED) is 0.632. The number of carbonyl (C=O) groups excluding carboxylic acids is 1. The SMILES string of the molecule is Cc1nc(C)c(-c2nnc(NC(=O)c3ccc(S(=O)(=O)N(C)C(C)C)cc3)o2)s1. The van der Waals surface area contributed by atoms with Crippen LogP contribution in [0.1, 0.15) is 34.9 Å². The second kappa shape index (κ2) is 8.01. The Morgan fingerprint density at radius 3 is 2.38 bits per heavy atom. The lowest BCUT2D eigenvalue weighted by molar-refractivity contribution is 0.102. The van der Waals surface area contributed by atoms with Crippen molar-refractivity contribution >= 4 is 33.3 Å². The predicted molar refractivity (Wildman–Crippen MR) is 109 cm³/mol. The number of amides is 1. The van der Waals surface area contributed by atoms with Gasteiger partial charge >= 0.3 is 6.01 Å². The fraction of sp³-hybridized carbons (Fsp3) is 0.333. The number of anilines is 1. The molecule has 3 rings (SSSR count). The third-order valence-electron chi connectivity index (χ3n) is 4.26. The summed E-state index contributed by atoms with van der Waals surface area (Å²) in [5.74, 6) is -0.208. The minimum atomic E-state index is -3.61. The number of nitrogens with one attached hydrogen (secondary N) is 1. The van der Waals surface area contributed by atoms with E-state index in [-0.39, 0.29) is 28.4 Å². The van der Waals surface area contributed by atoms with E-state index in [1.807, 2.05) is 13.8 Å². The Kier molecular flexibility index (Phi) is 5.82. The number of aryl methyl sites for hydroxylation is 2. The molecule has 2 heterocycles. The highest BCUT2D eigenvalue weighted by molar-refractivity contribution is 7.89. The van der Waals surface area contributed by atoms with Crippen LogP contribution in [0.5, 0.6) is 0 Å². The fourth-order valence-corrected chi connectivity index (χ4v) is 4.70. The Hall–Kier alpha value is -2.63. The maximum Gasteiger partial charge on any atom is 0.322 e. The third-order valence-corrected chi connectivity index (χ3v) is 7.37. The summed E-state index contributed by atoms with van der Waals surface area (Å²) < 4.78 is 31.8. The van der Waals surface area contributed by atoms with Gasteiger partial charge in [-0.2, -0.15) is 4.31 Å². The Balaban J connectivity index is 1.74.